The van der Waals surface area contributed by atoms with Gasteiger partial charge in [0.1, 0.15) is 5.75 Å². The van der Waals surface area contributed by atoms with Crippen molar-refractivity contribution in [2.75, 3.05) is 25.7 Å². The van der Waals surface area contributed by atoms with E-state index >= 15 is 0 Å². The van der Waals surface area contributed by atoms with Crippen LogP contribution in [0, 0.1) is 11.8 Å². The lowest BCUT2D eigenvalue weighted by atomic mass is 10.2. The SMILES string of the molecule is CCOCCCOc1cccc(C#CCCCl)c1. The van der Waals surface area contributed by atoms with E-state index in [1.807, 2.05) is 31.2 Å². The van der Waals surface area contributed by atoms with Gasteiger partial charge in [-0.25, -0.2) is 0 Å². The third-order valence-corrected chi connectivity index (χ3v) is 2.38. The minimum Gasteiger partial charge on any atom is -0.493 e. The second kappa shape index (κ2) is 9.82. The molecule has 0 aliphatic rings. The summed E-state index contributed by atoms with van der Waals surface area (Å²) in [5.41, 5.74) is 0.961. The molecule has 1 rings (SSSR count). The maximum Gasteiger partial charge on any atom is 0.120 e. The van der Waals surface area contributed by atoms with E-state index in [1.165, 1.54) is 0 Å². The van der Waals surface area contributed by atoms with Crippen molar-refractivity contribution in [2.24, 2.45) is 0 Å². The quantitative estimate of drug-likeness (QED) is 0.427. The summed E-state index contributed by atoms with van der Waals surface area (Å²) in [5.74, 6) is 7.48. The Kier molecular flexibility index (Phi) is 8.12. The van der Waals surface area contributed by atoms with Gasteiger partial charge in [0.05, 0.1) is 6.61 Å². The van der Waals surface area contributed by atoms with Crippen LogP contribution in [0.3, 0.4) is 0 Å². The number of alkyl halides is 1. The number of rotatable bonds is 7. The van der Waals surface area contributed by atoms with E-state index in [4.69, 9.17) is 21.1 Å². The summed E-state index contributed by atoms with van der Waals surface area (Å²) in [7, 11) is 0. The van der Waals surface area contributed by atoms with Crippen LogP contribution in [0.4, 0.5) is 0 Å². The highest BCUT2D eigenvalue weighted by Crippen LogP contribution is 2.12. The van der Waals surface area contributed by atoms with Crippen molar-refractivity contribution < 1.29 is 9.47 Å². The van der Waals surface area contributed by atoms with Gasteiger partial charge < -0.3 is 9.47 Å². The number of hydrogen-bond donors (Lipinski definition) is 0. The van der Waals surface area contributed by atoms with E-state index in [-0.39, 0.29) is 0 Å². The van der Waals surface area contributed by atoms with Crippen LogP contribution in [-0.4, -0.2) is 25.7 Å². The van der Waals surface area contributed by atoms with Crippen LogP contribution in [0.5, 0.6) is 5.75 Å². The molecule has 0 heterocycles. The molecule has 1 aromatic rings. The monoisotopic (exact) mass is 266 g/mol. The number of benzene rings is 1. The Morgan fingerprint density at radius 2 is 2.17 bits per heavy atom. The van der Waals surface area contributed by atoms with Crippen LogP contribution >= 0.6 is 11.6 Å². The van der Waals surface area contributed by atoms with Crippen LogP contribution in [0.15, 0.2) is 24.3 Å². The standard InChI is InChI=1S/C15H19ClO2/c1-2-17-11-6-12-18-15-9-5-8-14(13-15)7-3-4-10-16/h5,8-9,13H,2,4,6,10-12H2,1H3. The molecular formula is C15H19ClO2. The number of halogens is 1. The second-order valence-corrected chi connectivity index (χ2v) is 4.05. The van der Waals surface area contributed by atoms with Gasteiger partial charge in [-0.05, 0) is 25.1 Å². The molecule has 0 N–H and O–H groups in total. The molecule has 0 saturated carbocycles. The first-order chi connectivity index (χ1) is 8.86. The Balaban J connectivity index is 2.38. The molecule has 0 bridgehead atoms. The van der Waals surface area contributed by atoms with Crippen molar-refractivity contribution in [3.05, 3.63) is 29.8 Å². The summed E-state index contributed by atoms with van der Waals surface area (Å²) in [6.45, 7) is 4.15. The highest BCUT2D eigenvalue weighted by molar-refractivity contribution is 6.18. The summed E-state index contributed by atoms with van der Waals surface area (Å²) >= 11 is 5.57. The fourth-order valence-corrected chi connectivity index (χ4v) is 1.47. The Hall–Kier alpha value is -1.17. The van der Waals surface area contributed by atoms with Crippen molar-refractivity contribution in [1.82, 2.24) is 0 Å². The van der Waals surface area contributed by atoms with Gasteiger partial charge in [0.2, 0.25) is 0 Å². The Morgan fingerprint density at radius 1 is 1.28 bits per heavy atom. The lowest BCUT2D eigenvalue weighted by molar-refractivity contribution is 0.131. The molecule has 18 heavy (non-hydrogen) atoms. The third kappa shape index (κ3) is 6.54. The number of hydrogen-bond acceptors (Lipinski definition) is 2. The molecule has 98 valence electrons. The van der Waals surface area contributed by atoms with Crippen molar-refractivity contribution in [3.8, 4) is 17.6 Å². The minimum absolute atomic E-state index is 0.570. The predicted molar refractivity (Wildman–Crippen MR) is 75.3 cm³/mol. The highest BCUT2D eigenvalue weighted by Gasteiger charge is 1.95. The van der Waals surface area contributed by atoms with Crippen LogP contribution in [-0.2, 0) is 4.74 Å². The Labute approximate surface area is 114 Å². The zero-order chi connectivity index (χ0) is 13.1. The largest absolute Gasteiger partial charge is 0.493 e. The first-order valence-electron chi connectivity index (χ1n) is 6.22. The molecule has 0 aliphatic carbocycles. The summed E-state index contributed by atoms with van der Waals surface area (Å²) in [5, 5.41) is 0. The summed E-state index contributed by atoms with van der Waals surface area (Å²) in [6.07, 6.45) is 1.61. The Bertz CT molecular complexity index is 393. The normalized spacial score (nSPS) is 9.67. The smallest absolute Gasteiger partial charge is 0.120 e. The minimum atomic E-state index is 0.570. The van der Waals surface area contributed by atoms with Gasteiger partial charge in [0.15, 0.2) is 0 Å². The molecule has 0 unspecified atom stereocenters. The fraction of sp³-hybridized carbons (Fsp3) is 0.467. The maximum atomic E-state index is 5.63. The van der Waals surface area contributed by atoms with Gasteiger partial charge in [-0.2, -0.15) is 0 Å². The first kappa shape index (κ1) is 14.9. The first-order valence-corrected chi connectivity index (χ1v) is 6.75. The molecular weight excluding hydrogens is 248 g/mol. The molecule has 0 amide bonds. The molecule has 0 saturated heterocycles. The topological polar surface area (TPSA) is 18.5 Å². The molecule has 0 radical (unpaired) electrons. The van der Waals surface area contributed by atoms with Crippen LogP contribution < -0.4 is 4.74 Å². The van der Waals surface area contributed by atoms with Gasteiger partial charge >= 0.3 is 0 Å². The third-order valence-electron chi connectivity index (χ3n) is 2.19. The van der Waals surface area contributed by atoms with E-state index in [0.29, 0.717) is 18.9 Å². The van der Waals surface area contributed by atoms with Crippen molar-refractivity contribution >= 4 is 11.6 Å². The van der Waals surface area contributed by atoms with Crippen molar-refractivity contribution in [3.63, 3.8) is 0 Å². The molecule has 2 nitrogen and oxygen atoms in total. The molecule has 0 aromatic heterocycles. The summed E-state index contributed by atoms with van der Waals surface area (Å²) < 4.78 is 10.9. The molecule has 1 aromatic carbocycles. The molecule has 0 atom stereocenters. The van der Waals surface area contributed by atoms with E-state index < -0.39 is 0 Å². The predicted octanol–water partition coefficient (Wildman–Crippen LogP) is 3.47. The molecule has 0 spiro atoms. The van der Waals surface area contributed by atoms with Gasteiger partial charge in [-0.1, -0.05) is 17.9 Å². The molecule has 0 aliphatic heterocycles. The van der Waals surface area contributed by atoms with E-state index in [9.17, 15) is 0 Å². The summed E-state index contributed by atoms with van der Waals surface area (Å²) in [4.78, 5) is 0. The van der Waals surface area contributed by atoms with Gasteiger partial charge in [-0.3, -0.25) is 0 Å². The van der Waals surface area contributed by atoms with Gasteiger partial charge in [0.25, 0.3) is 0 Å². The van der Waals surface area contributed by atoms with Crippen molar-refractivity contribution in [1.29, 1.82) is 0 Å². The average molecular weight is 267 g/mol. The Morgan fingerprint density at radius 3 is 2.94 bits per heavy atom. The lowest BCUT2D eigenvalue weighted by Gasteiger charge is -2.06. The lowest BCUT2D eigenvalue weighted by Crippen LogP contribution is -2.02. The maximum absolute atomic E-state index is 5.63. The van der Waals surface area contributed by atoms with Gasteiger partial charge in [-0.15, -0.1) is 11.6 Å². The van der Waals surface area contributed by atoms with Crippen LogP contribution in [0.1, 0.15) is 25.3 Å². The average Bonchev–Trinajstić information content (AvgIpc) is 2.39. The molecule has 3 heteroatoms. The second-order valence-electron chi connectivity index (χ2n) is 3.67. The van der Waals surface area contributed by atoms with Crippen LogP contribution in [0.2, 0.25) is 0 Å². The number of ether oxygens (including phenoxy) is 2. The van der Waals surface area contributed by atoms with Crippen LogP contribution in [0.25, 0.3) is 0 Å². The van der Waals surface area contributed by atoms with E-state index in [0.717, 1.165) is 30.9 Å². The fourth-order valence-electron chi connectivity index (χ4n) is 1.37. The zero-order valence-corrected chi connectivity index (χ0v) is 11.5. The molecule has 0 fully saturated rings. The summed E-state index contributed by atoms with van der Waals surface area (Å²) in [6, 6.07) is 7.80. The van der Waals surface area contributed by atoms with Gasteiger partial charge in [0, 0.05) is 37.5 Å². The zero-order valence-electron chi connectivity index (χ0n) is 10.7. The van der Waals surface area contributed by atoms with Crippen molar-refractivity contribution in [2.45, 2.75) is 19.8 Å². The highest BCUT2D eigenvalue weighted by atomic mass is 35.5. The van der Waals surface area contributed by atoms with E-state index in [1.54, 1.807) is 0 Å². The van der Waals surface area contributed by atoms with E-state index in [2.05, 4.69) is 11.8 Å².